The smallest absolute Gasteiger partial charge is 0.418 e. The maximum atomic E-state index is 9.75. The number of thioether (sulfide) groups is 1. The van der Waals surface area contributed by atoms with Crippen LogP contribution >= 0.6 is 11.8 Å². The van der Waals surface area contributed by atoms with Gasteiger partial charge in [0.15, 0.2) is 25.6 Å². The van der Waals surface area contributed by atoms with Gasteiger partial charge in [0.25, 0.3) is 0 Å². The first kappa shape index (κ1) is 21.7. The van der Waals surface area contributed by atoms with Gasteiger partial charge >= 0.3 is 12.4 Å². The Morgan fingerprint density at radius 3 is 1.89 bits per heavy atom. The van der Waals surface area contributed by atoms with Crippen molar-refractivity contribution in [3.63, 3.8) is 0 Å². The quantitative estimate of drug-likeness (QED) is 0.253. The van der Waals surface area contributed by atoms with Gasteiger partial charge in [-0.15, -0.1) is 0 Å². The maximum absolute atomic E-state index is 9.75. The SMILES string of the molecule is CSc1n(OCc2ccccc2)cc[n+]1OCc1ccccc1.F[B-](F)(F)F. The van der Waals surface area contributed by atoms with E-state index in [2.05, 4.69) is 0 Å². The van der Waals surface area contributed by atoms with E-state index >= 15 is 0 Å². The van der Waals surface area contributed by atoms with E-state index < -0.39 is 7.25 Å². The van der Waals surface area contributed by atoms with Crippen molar-refractivity contribution in [2.24, 2.45) is 0 Å². The lowest BCUT2D eigenvalue weighted by atomic mass is 10.2. The summed E-state index contributed by atoms with van der Waals surface area (Å²) in [6, 6.07) is 20.2. The third-order valence-corrected chi connectivity index (χ3v) is 4.05. The molecule has 0 aliphatic rings. The minimum atomic E-state index is -6.00. The summed E-state index contributed by atoms with van der Waals surface area (Å²) < 4.78 is 42.5. The summed E-state index contributed by atoms with van der Waals surface area (Å²) in [4.78, 5) is 11.7. The predicted octanol–water partition coefficient (Wildman–Crippen LogP) is 4.06. The molecule has 0 bridgehead atoms. The van der Waals surface area contributed by atoms with Gasteiger partial charge in [-0.1, -0.05) is 60.7 Å². The van der Waals surface area contributed by atoms with Gasteiger partial charge in [0.05, 0.1) is 0 Å². The molecule has 2 aromatic carbocycles. The monoisotopic (exact) mass is 414 g/mol. The number of halogens is 4. The van der Waals surface area contributed by atoms with Crippen LogP contribution in [0.15, 0.2) is 78.2 Å². The molecular formula is C18H19BF4N2O2S. The molecule has 1 heterocycles. The summed E-state index contributed by atoms with van der Waals surface area (Å²) >= 11 is 1.57. The van der Waals surface area contributed by atoms with Crippen LogP contribution in [-0.4, -0.2) is 18.2 Å². The molecule has 0 saturated carbocycles. The van der Waals surface area contributed by atoms with E-state index in [1.807, 2.05) is 79.3 Å². The van der Waals surface area contributed by atoms with E-state index in [9.17, 15) is 17.3 Å². The highest BCUT2D eigenvalue weighted by atomic mass is 32.2. The largest absolute Gasteiger partial charge is 0.673 e. The molecule has 28 heavy (non-hydrogen) atoms. The van der Waals surface area contributed by atoms with Crippen molar-refractivity contribution in [2.75, 3.05) is 6.26 Å². The van der Waals surface area contributed by atoms with Gasteiger partial charge in [0.2, 0.25) is 0 Å². The Labute approximate surface area is 164 Å². The molecule has 150 valence electrons. The molecule has 1 aromatic heterocycles. The van der Waals surface area contributed by atoms with E-state index in [0.717, 1.165) is 16.3 Å². The molecule has 0 saturated heterocycles. The van der Waals surface area contributed by atoms with Gasteiger partial charge in [-0.2, -0.15) is 0 Å². The van der Waals surface area contributed by atoms with Crippen LogP contribution in [0, 0.1) is 0 Å². The second kappa shape index (κ2) is 10.7. The zero-order chi connectivity index (χ0) is 20.4. The molecule has 3 aromatic rings. The lowest BCUT2D eigenvalue weighted by Gasteiger charge is -2.04. The third kappa shape index (κ3) is 7.95. The molecule has 0 fully saturated rings. The van der Waals surface area contributed by atoms with Crippen LogP contribution in [0.1, 0.15) is 11.1 Å². The fraction of sp³-hybridized carbons (Fsp3) is 0.167. The minimum Gasteiger partial charge on any atom is -0.418 e. The van der Waals surface area contributed by atoms with Crippen molar-refractivity contribution in [3.8, 4) is 0 Å². The van der Waals surface area contributed by atoms with Crippen LogP contribution in [0.5, 0.6) is 0 Å². The topological polar surface area (TPSA) is 27.3 Å². The highest BCUT2D eigenvalue weighted by Crippen LogP contribution is 2.10. The predicted molar refractivity (Wildman–Crippen MR) is 100 cm³/mol. The van der Waals surface area contributed by atoms with Gasteiger partial charge in [0, 0.05) is 0 Å². The molecule has 0 N–H and O–H groups in total. The van der Waals surface area contributed by atoms with Crippen LogP contribution in [-0.2, 0) is 13.2 Å². The Bertz CT molecular complexity index is 766. The van der Waals surface area contributed by atoms with Gasteiger partial charge in [-0.3, -0.25) is 0 Å². The molecule has 0 radical (unpaired) electrons. The first-order valence-corrected chi connectivity index (χ1v) is 9.48. The summed E-state index contributed by atoms with van der Waals surface area (Å²) in [7, 11) is -6.00. The zero-order valence-electron chi connectivity index (χ0n) is 15.1. The molecule has 4 nitrogen and oxygen atoms in total. The number of aromatic nitrogens is 2. The second-order valence-corrected chi connectivity index (χ2v) is 6.22. The van der Waals surface area contributed by atoms with Gasteiger partial charge < -0.3 is 26.9 Å². The highest BCUT2D eigenvalue weighted by Gasteiger charge is 2.21. The highest BCUT2D eigenvalue weighted by molar-refractivity contribution is 7.98. The second-order valence-electron chi connectivity index (χ2n) is 5.45. The van der Waals surface area contributed by atoms with Crippen molar-refractivity contribution >= 4 is 19.0 Å². The molecule has 0 amide bonds. The van der Waals surface area contributed by atoms with E-state index in [4.69, 9.17) is 9.68 Å². The van der Waals surface area contributed by atoms with E-state index in [1.165, 1.54) is 0 Å². The molecule has 0 unspecified atom stereocenters. The van der Waals surface area contributed by atoms with Crippen molar-refractivity contribution in [1.29, 1.82) is 0 Å². The van der Waals surface area contributed by atoms with Crippen LogP contribution in [0.3, 0.4) is 0 Å². The fourth-order valence-electron chi connectivity index (χ4n) is 2.16. The Balaban J connectivity index is 0.000000500. The first-order chi connectivity index (χ1) is 13.4. The summed E-state index contributed by atoms with van der Waals surface area (Å²) in [5.41, 5.74) is 2.26. The van der Waals surface area contributed by atoms with Gasteiger partial charge in [-0.05, 0) is 38.6 Å². The van der Waals surface area contributed by atoms with Crippen molar-refractivity contribution in [2.45, 2.75) is 18.4 Å². The molecule has 0 aliphatic heterocycles. The average Bonchev–Trinajstić information content (AvgIpc) is 3.07. The molecular weight excluding hydrogens is 395 g/mol. The minimum absolute atomic E-state index is 0.516. The zero-order valence-corrected chi connectivity index (χ0v) is 15.9. The van der Waals surface area contributed by atoms with Crippen LogP contribution in [0.2, 0.25) is 0 Å². The number of benzene rings is 2. The summed E-state index contributed by atoms with van der Waals surface area (Å²) in [6.07, 6.45) is 5.72. The Kier molecular flexibility index (Phi) is 8.25. The fourth-order valence-corrected chi connectivity index (χ4v) is 2.75. The normalized spacial score (nSPS) is 10.8. The molecule has 3 rings (SSSR count). The molecule has 10 heteroatoms. The number of rotatable bonds is 7. The molecule has 0 aliphatic carbocycles. The van der Waals surface area contributed by atoms with E-state index in [1.54, 1.807) is 21.2 Å². The molecule has 0 spiro atoms. The standard InChI is InChI=1S/C18H19N2O2S.BF4/c1-23-18-19(21-14-16-8-4-2-5-9-16)12-13-20(18)22-15-17-10-6-3-7-11-17;2-1(3,4)5/h2-13H,14-15H2,1H3;/q+1;-1. The Morgan fingerprint density at radius 1 is 0.893 bits per heavy atom. The summed E-state index contributed by atoms with van der Waals surface area (Å²) in [6.45, 7) is 1.03. The number of hydrogen-bond acceptors (Lipinski definition) is 3. The summed E-state index contributed by atoms with van der Waals surface area (Å²) in [5, 5.41) is 0.886. The third-order valence-electron chi connectivity index (χ3n) is 3.32. The molecule has 0 atom stereocenters. The summed E-state index contributed by atoms with van der Waals surface area (Å²) in [5.74, 6) is 0. The number of hydrogen-bond donors (Lipinski definition) is 0. The lowest BCUT2D eigenvalue weighted by Crippen LogP contribution is -2.43. The lowest BCUT2D eigenvalue weighted by molar-refractivity contribution is -0.923. The van der Waals surface area contributed by atoms with Gasteiger partial charge in [0.1, 0.15) is 0 Å². The Morgan fingerprint density at radius 2 is 1.39 bits per heavy atom. The average molecular weight is 414 g/mol. The Hall–Kier alpha value is -2.62. The van der Waals surface area contributed by atoms with Crippen LogP contribution in [0.25, 0.3) is 0 Å². The van der Waals surface area contributed by atoms with Crippen LogP contribution in [0.4, 0.5) is 17.3 Å². The number of imidazole rings is 1. The van der Waals surface area contributed by atoms with Crippen molar-refractivity contribution in [3.05, 3.63) is 84.2 Å². The van der Waals surface area contributed by atoms with Crippen molar-refractivity contribution < 1.29 is 31.7 Å². The van der Waals surface area contributed by atoms with Crippen LogP contribution < -0.4 is 14.4 Å². The van der Waals surface area contributed by atoms with Gasteiger partial charge in [-0.25, -0.2) is 0 Å². The first-order valence-electron chi connectivity index (χ1n) is 8.25. The maximum Gasteiger partial charge on any atom is 0.673 e. The van der Waals surface area contributed by atoms with Crippen molar-refractivity contribution in [1.82, 2.24) is 4.73 Å². The number of nitrogens with zero attached hydrogens (tertiary/aromatic N) is 2. The van der Waals surface area contributed by atoms with E-state index in [-0.39, 0.29) is 0 Å². The van der Waals surface area contributed by atoms with E-state index in [0.29, 0.717) is 13.2 Å².